The summed E-state index contributed by atoms with van der Waals surface area (Å²) in [6, 6.07) is 0. The van der Waals surface area contributed by atoms with Crippen molar-refractivity contribution in [3.63, 3.8) is 0 Å². The number of aromatic nitrogens is 1. The van der Waals surface area contributed by atoms with E-state index in [0.29, 0.717) is 6.54 Å². The summed E-state index contributed by atoms with van der Waals surface area (Å²) < 4.78 is 11.1. The molecule has 2 heterocycles. The van der Waals surface area contributed by atoms with Crippen LogP contribution in [-0.2, 0) is 24.1 Å². The molecule has 2 aliphatic rings. The lowest BCUT2D eigenvalue weighted by molar-refractivity contribution is -0.0352. The molecule has 7 nitrogen and oxygen atoms in total. The minimum Gasteiger partial charge on any atom is -0.379 e. The molecule has 1 aliphatic heterocycles. The van der Waals surface area contributed by atoms with E-state index in [0.717, 1.165) is 63.1 Å². The molecule has 2 fully saturated rings. The van der Waals surface area contributed by atoms with E-state index < -0.39 is 0 Å². The van der Waals surface area contributed by atoms with Gasteiger partial charge in [0.1, 0.15) is 5.76 Å². The Bertz CT molecular complexity index is 616. The summed E-state index contributed by atoms with van der Waals surface area (Å²) in [6.45, 7) is 9.61. The summed E-state index contributed by atoms with van der Waals surface area (Å²) in [5, 5.41) is 11.3. The Balaban J connectivity index is 0.00000300. The zero-order valence-electron chi connectivity index (χ0n) is 18.3. The Kier molecular flexibility index (Phi) is 10.2. The van der Waals surface area contributed by atoms with E-state index in [9.17, 15) is 0 Å². The first-order valence-corrected chi connectivity index (χ1v) is 11.0. The van der Waals surface area contributed by atoms with Crippen LogP contribution >= 0.6 is 24.0 Å². The van der Waals surface area contributed by atoms with Crippen molar-refractivity contribution in [3.05, 3.63) is 17.0 Å². The number of rotatable bonds is 7. The van der Waals surface area contributed by atoms with Gasteiger partial charge in [-0.1, -0.05) is 38.3 Å². The molecule has 166 valence electrons. The number of hydrogen-bond donors (Lipinski definition) is 2. The standard InChI is InChI=1S/C21H37N5O2.HI/c1-4-18-17(19(5-2)28-25-18)15-23-20(22-3)24-16-21(9-7-6-8-10-21)26-11-13-27-14-12-26;/h4-16H2,1-3H3,(H2,22,23,24);1H. The Morgan fingerprint density at radius 3 is 2.45 bits per heavy atom. The number of ether oxygens (including phenoxy) is 1. The van der Waals surface area contributed by atoms with Gasteiger partial charge in [-0.15, -0.1) is 24.0 Å². The SMILES string of the molecule is CCc1noc(CC)c1CNC(=NC)NCC1(N2CCOCC2)CCCCC1.I. The zero-order chi connectivity index (χ0) is 19.8. The number of nitrogens with zero attached hydrogens (tertiary/aromatic N) is 3. The van der Waals surface area contributed by atoms with Crippen molar-refractivity contribution in [2.45, 2.75) is 70.9 Å². The van der Waals surface area contributed by atoms with Crippen LogP contribution in [0.25, 0.3) is 0 Å². The first-order valence-electron chi connectivity index (χ1n) is 11.0. The summed E-state index contributed by atoms with van der Waals surface area (Å²) >= 11 is 0. The maximum atomic E-state index is 5.59. The second kappa shape index (κ2) is 12.1. The largest absolute Gasteiger partial charge is 0.379 e. The van der Waals surface area contributed by atoms with Gasteiger partial charge in [0.2, 0.25) is 0 Å². The van der Waals surface area contributed by atoms with Gasteiger partial charge in [-0.3, -0.25) is 9.89 Å². The molecule has 0 atom stereocenters. The average Bonchev–Trinajstić information content (AvgIpc) is 3.17. The minimum atomic E-state index is 0. The number of morpholine rings is 1. The van der Waals surface area contributed by atoms with Crippen molar-refractivity contribution in [2.24, 2.45) is 4.99 Å². The van der Waals surface area contributed by atoms with Gasteiger partial charge in [0, 0.05) is 50.7 Å². The van der Waals surface area contributed by atoms with Crippen molar-refractivity contribution in [3.8, 4) is 0 Å². The summed E-state index contributed by atoms with van der Waals surface area (Å²) in [5.41, 5.74) is 2.44. The molecule has 0 unspecified atom stereocenters. The van der Waals surface area contributed by atoms with Crippen LogP contribution in [0.1, 0.15) is 63.0 Å². The second-order valence-corrected chi connectivity index (χ2v) is 7.90. The van der Waals surface area contributed by atoms with E-state index in [1.165, 1.54) is 37.7 Å². The molecule has 0 bridgehead atoms. The number of guanidine groups is 1. The lowest BCUT2D eigenvalue weighted by Gasteiger charge is -2.48. The minimum absolute atomic E-state index is 0. The molecule has 8 heteroatoms. The Morgan fingerprint density at radius 1 is 1.10 bits per heavy atom. The third kappa shape index (κ3) is 6.07. The molecule has 1 aromatic rings. The lowest BCUT2D eigenvalue weighted by atomic mass is 9.80. The molecule has 3 rings (SSSR count). The lowest BCUT2D eigenvalue weighted by Crippen LogP contribution is -2.60. The van der Waals surface area contributed by atoms with Gasteiger partial charge >= 0.3 is 0 Å². The van der Waals surface area contributed by atoms with Crippen molar-refractivity contribution in [1.82, 2.24) is 20.7 Å². The number of nitrogens with one attached hydrogen (secondary N) is 2. The highest BCUT2D eigenvalue weighted by molar-refractivity contribution is 14.0. The Labute approximate surface area is 192 Å². The van der Waals surface area contributed by atoms with Crippen LogP contribution in [0.5, 0.6) is 0 Å². The number of aryl methyl sites for hydroxylation is 2. The molecular formula is C21H38IN5O2. The van der Waals surface area contributed by atoms with Crippen LogP contribution in [0.4, 0.5) is 0 Å². The topological polar surface area (TPSA) is 74.9 Å². The van der Waals surface area contributed by atoms with Crippen LogP contribution in [-0.4, -0.2) is 61.5 Å². The van der Waals surface area contributed by atoms with Gasteiger partial charge in [-0.05, 0) is 19.3 Å². The summed E-state index contributed by atoms with van der Waals surface area (Å²) in [5.74, 6) is 1.82. The van der Waals surface area contributed by atoms with Crippen molar-refractivity contribution in [2.75, 3.05) is 39.9 Å². The van der Waals surface area contributed by atoms with Crippen molar-refractivity contribution >= 4 is 29.9 Å². The predicted octanol–water partition coefficient (Wildman–Crippen LogP) is 3.12. The molecular weight excluding hydrogens is 481 g/mol. The number of hydrogen-bond acceptors (Lipinski definition) is 5. The summed E-state index contributed by atoms with van der Waals surface area (Å²) in [7, 11) is 1.84. The van der Waals surface area contributed by atoms with E-state index in [2.05, 4.69) is 39.5 Å². The van der Waals surface area contributed by atoms with E-state index >= 15 is 0 Å². The van der Waals surface area contributed by atoms with Crippen LogP contribution in [0.3, 0.4) is 0 Å². The molecule has 1 saturated heterocycles. The molecule has 2 N–H and O–H groups in total. The molecule has 1 aliphatic carbocycles. The first-order chi connectivity index (χ1) is 13.7. The third-order valence-electron chi connectivity index (χ3n) is 6.31. The smallest absolute Gasteiger partial charge is 0.191 e. The van der Waals surface area contributed by atoms with Crippen LogP contribution < -0.4 is 10.6 Å². The maximum absolute atomic E-state index is 5.59. The fourth-order valence-corrected chi connectivity index (χ4v) is 4.63. The quantitative estimate of drug-likeness (QED) is 0.328. The molecule has 0 radical (unpaired) electrons. The molecule has 0 amide bonds. The van der Waals surface area contributed by atoms with Crippen LogP contribution in [0, 0.1) is 0 Å². The van der Waals surface area contributed by atoms with Gasteiger partial charge in [-0.25, -0.2) is 0 Å². The first kappa shape index (κ1) is 24.4. The van der Waals surface area contributed by atoms with Crippen LogP contribution in [0.15, 0.2) is 9.52 Å². The molecule has 1 saturated carbocycles. The molecule has 1 aromatic heterocycles. The third-order valence-corrected chi connectivity index (χ3v) is 6.31. The van der Waals surface area contributed by atoms with Gasteiger partial charge < -0.3 is 19.9 Å². The molecule has 0 spiro atoms. The van der Waals surface area contributed by atoms with Gasteiger partial charge in [-0.2, -0.15) is 0 Å². The maximum Gasteiger partial charge on any atom is 0.191 e. The fraction of sp³-hybridized carbons (Fsp3) is 0.810. The summed E-state index contributed by atoms with van der Waals surface area (Å²) in [6.07, 6.45) is 8.22. The highest BCUT2D eigenvalue weighted by atomic mass is 127. The number of aliphatic imine (C=N–C) groups is 1. The fourth-order valence-electron chi connectivity index (χ4n) is 4.63. The highest BCUT2D eigenvalue weighted by Gasteiger charge is 2.38. The second-order valence-electron chi connectivity index (χ2n) is 7.90. The Hall–Kier alpha value is -0.870. The summed E-state index contributed by atoms with van der Waals surface area (Å²) in [4.78, 5) is 7.11. The van der Waals surface area contributed by atoms with Gasteiger partial charge in [0.15, 0.2) is 5.96 Å². The molecule has 0 aromatic carbocycles. The number of halogens is 1. The predicted molar refractivity (Wildman–Crippen MR) is 127 cm³/mol. The highest BCUT2D eigenvalue weighted by Crippen LogP contribution is 2.33. The van der Waals surface area contributed by atoms with E-state index in [1.54, 1.807) is 0 Å². The van der Waals surface area contributed by atoms with Crippen molar-refractivity contribution in [1.29, 1.82) is 0 Å². The van der Waals surface area contributed by atoms with E-state index in [1.807, 2.05) is 7.05 Å². The zero-order valence-corrected chi connectivity index (χ0v) is 20.6. The molecule has 29 heavy (non-hydrogen) atoms. The van der Waals surface area contributed by atoms with Gasteiger partial charge in [0.25, 0.3) is 0 Å². The van der Waals surface area contributed by atoms with E-state index in [4.69, 9.17) is 9.26 Å². The monoisotopic (exact) mass is 519 g/mol. The van der Waals surface area contributed by atoms with Gasteiger partial charge in [0.05, 0.1) is 18.9 Å². The average molecular weight is 519 g/mol. The van der Waals surface area contributed by atoms with Crippen molar-refractivity contribution < 1.29 is 9.26 Å². The Morgan fingerprint density at radius 2 is 1.83 bits per heavy atom. The van der Waals surface area contributed by atoms with Crippen LogP contribution in [0.2, 0.25) is 0 Å². The normalized spacial score (nSPS) is 20.2. The van der Waals surface area contributed by atoms with E-state index in [-0.39, 0.29) is 29.5 Å².